The highest BCUT2D eigenvalue weighted by Crippen LogP contribution is 2.17. The molecule has 1 atom stereocenters. The van der Waals surface area contributed by atoms with Gasteiger partial charge in [-0.3, -0.25) is 4.98 Å². The highest BCUT2D eigenvalue weighted by molar-refractivity contribution is 7.89. The van der Waals surface area contributed by atoms with Gasteiger partial charge in [0, 0.05) is 19.2 Å². The summed E-state index contributed by atoms with van der Waals surface area (Å²) >= 11 is 0. The van der Waals surface area contributed by atoms with Gasteiger partial charge in [-0.05, 0) is 31.4 Å². The number of rotatable bonds is 5. The van der Waals surface area contributed by atoms with Crippen molar-refractivity contribution >= 4 is 21.1 Å². The van der Waals surface area contributed by atoms with E-state index in [1.54, 1.807) is 0 Å². The van der Waals surface area contributed by atoms with Crippen molar-refractivity contribution in [3.8, 4) is 0 Å². The number of nitrogens with one attached hydrogen (secondary N) is 2. The van der Waals surface area contributed by atoms with E-state index in [1.807, 2.05) is 0 Å². The third-order valence-electron chi connectivity index (χ3n) is 3.49. The number of ether oxygens (including phenoxy) is 1. The summed E-state index contributed by atoms with van der Waals surface area (Å²) in [7, 11) is -3.62. The number of fused-ring (bicyclic) bond motifs is 1. The van der Waals surface area contributed by atoms with Gasteiger partial charge in [-0.15, -0.1) is 0 Å². The number of hydrogen-bond acceptors (Lipinski definition) is 5. The smallest absolute Gasteiger partial charge is 0.408 e. The van der Waals surface area contributed by atoms with Crippen molar-refractivity contribution < 1.29 is 17.6 Å². The molecule has 21 heavy (non-hydrogen) atoms. The molecule has 0 saturated carbocycles. The molecule has 2 N–H and O–H groups in total. The molecule has 1 aliphatic heterocycles. The zero-order valence-corrected chi connectivity index (χ0v) is 12.1. The monoisotopic (exact) mass is 312 g/mol. The molecule has 114 valence electrons. The van der Waals surface area contributed by atoms with E-state index in [0.717, 1.165) is 19.4 Å². The summed E-state index contributed by atoms with van der Waals surface area (Å²) in [5.41, 5.74) is 0.695. The Morgan fingerprint density at radius 3 is 3.00 bits per heavy atom. The van der Waals surface area contributed by atoms with Gasteiger partial charge < -0.3 is 9.15 Å². The van der Waals surface area contributed by atoms with Crippen LogP contribution in [0, 0.1) is 0 Å². The molecule has 7 nitrogen and oxygen atoms in total. The van der Waals surface area contributed by atoms with Crippen molar-refractivity contribution in [1.29, 1.82) is 0 Å². The molecular formula is C13H16N2O5S. The van der Waals surface area contributed by atoms with Crippen LogP contribution in [-0.4, -0.2) is 32.7 Å². The van der Waals surface area contributed by atoms with Gasteiger partial charge in [-0.25, -0.2) is 17.9 Å². The van der Waals surface area contributed by atoms with Crippen molar-refractivity contribution in [2.75, 3.05) is 13.2 Å². The highest BCUT2D eigenvalue weighted by Gasteiger charge is 2.19. The normalized spacial score (nSPS) is 19.3. The van der Waals surface area contributed by atoms with Crippen LogP contribution >= 0.6 is 0 Å². The lowest BCUT2D eigenvalue weighted by Gasteiger charge is -2.10. The standard InChI is InChI=1S/C13H16N2O5S/c16-13-15-11-4-3-10(8-12(11)20-13)21(17,18)14-6-5-9-2-1-7-19-9/h3-4,8-9,14H,1-2,5-7H2,(H,15,16). The predicted molar refractivity (Wildman–Crippen MR) is 75.6 cm³/mol. The summed E-state index contributed by atoms with van der Waals surface area (Å²) in [5, 5.41) is 0. The molecule has 1 aliphatic rings. The number of oxazole rings is 1. The minimum Gasteiger partial charge on any atom is -0.408 e. The number of H-pyrrole nitrogens is 1. The fraction of sp³-hybridized carbons (Fsp3) is 0.462. The largest absolute Gasteiger partial charge is 0.417 e. The molecule has 1 unspecified atom stereocenters. The number of aromatic amines is 1. The summed E-state index contributed by atoms with van der Waals surface area (Å²) in [5.74, 6) is -0.606. The van der Waals surface area contributed by atoms with Crippen LogP contribution in [0.4, 0.5) is 0 Å². The Balaban J connectivity index is 1.71. The maximum Gasteiger partial charge on any atom is 0.417 e. The topological polar surface area (TPSA) is 101 Å². The number of hydrogen-bond donors (Lipinski definition) is 2. The highest BCUT2D eigenvalue weighted by atomic mass is 32.2. The van der Waals surface area contributed by atoms with Crippen LogP contribution in [0.15, 0.2) is 32.3 Å². The van der Waals surface area contributed by atoms with E-state index in [4.69, 9.17) is 9.15 Å². The molecule has 1 aromatic heterocycles. The number of sulfonamides is 1. The fourth-order valence-electron chi connectivity index (χ4n) is 2.40. The van der Waals surface area contributed by atoms with Gasteiger partial charge in [0.25, 0.3) is 0 Å². The molecule has 0 bridgehead atoms. The molecule has 2 heterocycles. The van der Waals surface area contributed by atoms with Crippen molar-refractivity contribution in [2.45, 2.75) is 30.3 Å². The Bertz CT molecular complexity index is 786. The first kappa shape index (κ1) is 14.3. The summed E-state index contributed by atoms with van der Waals surface area (Å²) in [6.07, 6.45) is 2.79. The Kier molecular flexibility index (Phi) is 3.83. The van der Waals surface area contributed by atoms with Gasteiger partial charge in [0.05, 0.1) is 16.5 Å². The summed E-state index contributed by atoms with van der Waals surface area (Å²) < 4.78 is 37.2. The molecule has 1 saturated heterocycles. The van der Waals surface area contributed by atoms with Gasteiger partial charge in [-0.2, -0.15) is 0 Å². The van der Waals surface area contributed by atoms with E-state index in [1.165, 1.54) is 18.2 Å². The van der Waals surface area contributed by atoms with E-state index in [2.05, 4.69) is 9.71 Å². The van der Waals surface area contributed by atoms with E-state index in [-0.39, 0.29) is 16.6 Å². The van der Waals surface area contributed by atoms with Crippen LogP contribution in [0.2, 0.25) is 0 Å². The minimum absolute atomic E-state index is 0.0742. The van der Waals surface area contributed by atoms with E-state index in [0.29, 0.717) is 18.5 Å². The number of aromatic nitrogens is 1. The Morgan fingerprint density at radius 2 is 2.24 bits per heavy atom. The van der Waals surface area contributed by atoms with Crippen LogP contribution in [0.25, 0.3) is 11.1 Å². The summed E-state index contributed by atoms with van der Waals surface area (Å²) in [6.45, 7) is 1.07. The first-order valence-electron chi connectivity index (χ1n) is 6.79. The summed E-state index contributed by atoms with van der Waals surface area (Å²) in [4.78, 5) is 13.6. The molecule has 0 aliphatic carbocycles. The van der Waals surface area contributed by atoms with Gasteiger partial charge in [0.1, 0.15) is 0 Å². The summed E-state index contributed by atoms with van der Waals surface area (Å²) in [6, 6.07) is 4.28. The first-order chi connectivity index (χ1) is 10.0. The lowest BCUT2D eigenvalue weighted by Crippen LogP contribution is -2.27. The van der Waals surface area contributed by atoms with Gasteiger partial charge in [0.2, 0.25) is 10.0 Å². The average molecular weight is 312 g/mol. The van der Waals surface area contributed by atoms with E-state index < -0.39 is 15.8 Å². The van der Waals surface area contributed by atoms with Crippen LogP contribution in [0.1, 0.15) is 19.3 Å². The predicted octanol–water partition coefficient (Wildman–Crippen LogP) is 0.968. The fourth-order valence-corrected chi connectivity index (χ4v) is 3.47. The van der Waals surface area contributed by atoms with E-state index >= 15 is 0 Å². The Labute approximate surface area is 121 Å². The molecule has 8 heteroatoms. The van der Waals surface area contributed by atoms with Crippen molar-refractivity contribution in [3.63, 3.8) is 0 Å². The van der Waals surface area contributed by atoms with Crippen LogP contribution in [0.5, 0.6) is 0 Å². The third-order valence-corrected chi connectivity index (χ3v) is 4.94. The number of benzene rings is 1. The first-order valence-corrected chi connectivity index (χ1v) is 8.27. The molecule has 1 aromatic carbocycles. The molecule has 0 radical (unpaired) electrons. The molecule has 1 fully saturated rings. The van der Waals surface area contributed by atoms with Gasteiger partial charge in [-0.1, -0.05) is 0 Å². The maximum atomic E-state index is 12.2. The van der Waals surface area contributed by atoms with Crippen LogP contribution in [0.3, 0.4) is 0 Å². The second-order valence-corrected chi connectivity index (χ2v) is 6.76. The lowest BCUT2D eigenvalue weighted by atomic mass is 10.2. The average Bonchev–Trinajstić information content (AvgIpc) is 3.05. The Hall–Kier alpha value is -1.64. The minimum atomic E-state index is -3.62. The van der Waals surface area contributed by atoms with Crippen LogP contribution in [-0.2, 0) is 14.8 Å². The van der Waals surface area contributed by atoms with Crippen molar-refractivity contribution in [3.05, 3.63) is 28.7 Å². The second-order valence-electron chi connectivity index (χ2n) is 4.99. The second kappa shape index (κ2) is 5.63. The molecule has 2 aromatic rings. The molecule has 0 amide bonds. The van der Waals surface area contributed by atoms with Gasteiger partial charge >= 0.3 is 5.76 Å². The van der Waals surface area contributed by atoms with Crippen molar-refractivity contribution in [1.82, 2.24) is 9.71 Å². The third kappa shape index (κ3) is 3.17. The molecule has 0 spiro atoms. The quantitative estimate of drug-likeness (QED) is 0.856. The Morgan fingerprint density at radius 1 is 1.38 bits per heavy atom. The zero-order chi connectivity index (χ0) is 14.9. The van der Waals surface area contributed by atoms with E-state index in [9.17, 15) is 13.2 Å². The van der Waals surface area contributed by atoms with Crippen LogP contribution < -0.4 is 10.5 Å². The van der Waals surface area contributed by atoms with Crippen molar-refractivity contribution in [2.24, 2.45) is 0 Å². The van der Waals surface area contributed by atoms with Gasteiger partial charge in [0.15, 0.2) is 5.58 Å². The zero-order valence-electron chi connectivity index (χ0n) is 11.3. The lowest BCUT2D eigenvalue weighted by molar-refractivity contribution is 0.105. The molecular weight excluding hydrogens is 296 g/mol. The maximum absolute atomic E-state index is 12.2. The molecule has 3 rings (SSSR count). The SMILES string of the molecule is O=c1[nH]c2ccc(S(=O)(=O)NCCC3CCCO3)cc2o1.